The minimum Gasteiger partial charge on any atom is -0.465 e. The lowest BCUT2D eigenvalue weighted by Gasteiger charge is -2.28. The van der Waals surface area contributed by atoms with Gasteiger partial charge in [0.2, 0.25) is 0 Å². The number of hydrogen-bond acceptors (Lipinski definition) is 6. The highest BCUT2D eigenvalue weighted by Gasteiger charge is 2.63. The van der Waals surface area contributed by atoms with Crippen LogP contribution in [-0.4, -0.2) is 51.1 Å². The summed E-state index contributed by atoms with van der Waals surface area (Å²) in [7, 11) is -3.92. The maximum absolute atomic E-state index is 12.7. The molecule has 6 nitrogen and oxygen atoms in total. The van der Waals surface area contributed by atoms with E-state index in [1.807, 2.05) is 6.92 Å². The number of carbonyl (C=O) groups is 1. The third-order valence-electron chi connectivity index (χ3n) is 5.52. The van der Waals surface area contributed by atoms with Gasteiger partial charge in [0.15, 0.2) is 0 Å². The summed E-state index contributed by atoms with van der Waals surface area (Å²) in [6, 6.07) is 6.55. The van der Waals surface area contributed by atoms with E-state index in [-0.39, 0.29) is 16.9 Å². The monoisotopic (exact) mass is 351 g/mol. The van der Waals surface area contributed by atoms with Gasteiger partial charge in [0.1, 0.15) is 11.5 Å². The highest BCUT2D eigenvalue weighted by Crippen LogP contribution is 2.48. The number of fused-ring (bicyclic) bond motifs is 1. The van der Waals surface area contributed by atoms with Crippen LogP contribution in [0.4, 0.5) is 0 Å². The Morgan fingerprint density at radius 2 is 2.04 bits per heavy atom. The van der Waals surface area contributed by atoms with Crippen LogP contribution in [0.3, 0.4) is 0 Å². The first kappa shape index (κ1) is 16.1. The van der Waals surface area contributed by atoms with E-state index in [0.717, 1.165) is 24.9 Å². The molecule has 4 rings (SSSR count). The van der Waals surface area contributed by atoms with Gasteiger partial charge in [-0.2, -0.15) is 8.42 Å². The summed E-state index contributed by atoms with van der Waals surface area (Å²) in [5.74, 6) is -0.319. The Kier molecular flexibility index (Phi) is 3.71. The molecule has 1 aromatic carbocycles. The molecule has 0 aliphatic carbocycles. The van der Waals surface area contributed by atoms with Crippen molar-refractivity contribution in [2.45, 2.75) is 43.2 Å². The van der Waals surface area contributed by atoms with Crippen LogP contribution in [-0.2, 0) is 23.8 Å². The Bertz CT molecular complexity index is 760. The highest BCUT2D eigenvalue weighted by atomic mass is 32.2. The molecule has 3 aliphatic rings. The fourth-order valence-corrected chi connectivity index (χ4v) is 5.40. The third-order valence-corrected chi connectivity index (χ3v) is 6.83. The second-order valence-corrected chi connectivity index (χ2v) is 8.58. The molecule has 24 heavy (non-hydrogen) atoms. The zero-order valence-electron chi connectivity index (χ0n) is 13.6. The quantitative estimate of drug-likeness (QED) is 0.607. The van der Waals surface area contributed by atoms with Crippen molar-refractivity contribution < 1.29 is 22.1 Å². The first-order valence-corrected chi connectivity index (χ1v) is 9.74. The summed E-state index contributed by atoms with van der Waals surface area (Å²) in [6.45, 7) is 3.65. The van der Waals surface area contributed by atoms with Gasteiger partial charge in [0, 0.05) is 19.0 Å². The lowest BCUT2D eigenvalue weighted by Crippen LogP contribution is -2.44. The fourth-order valence-electron chi connectivity index (χ4n) is 4.24. The lowest BCUT2D eigenvalue weighted by atomic mass is 9.80. The molecule has 0 N–H and O–H groups in total. The standard InChI is InChI=1S/C17H21NO5S/c1-12-4-6-13(7-5-12)24(20,21)23-15-14-3-2-9-18(14)11-17(15)8-10-22-16(17)19/h4-7,14-15H,2-3,8-11H2,1H3/t14-,15-,17+/m0/s1. The SMILES string of the molecule is Cc1ccc(S(=O)(=O)O[C@H]2[C@@H]3CCCN3C[C@]23CCOC3=O)cc1. The molecular weight excluding hydrogens is 330 g/mol. The number of nitrogens with zero attached hydrogens (tertiary/aromatic N) is 1. The Hall–Kier alpha value is -1.44. The maximum atomic E-state index is 12.7. The zero-order valence-corrected chi connectivity index (χ0v) is 14.4. The van der Waals surface area contributed by atoms with Crippen molar-refractivity contribution in [1.29, 1.82) is 0 Å². The molecule has 3 aliphatic heterocycles. The molecule has 0 radical (unpaired) electrons. The molecule has 0 amide bonds. The highest BCUT2D eigenvalue weighted by molar-refractivity contribution is 7.86. The number of rotatable bonds is 3. The molecule has 0 unspecified atom stereocenters. The van der Waals surface area contributed by atoms with Gasteiger partial charge in [-0.3, -0.25) is 13.9 Å². The summed E-state index contributed by atoms with van der Waals surface area (Å²) >= 11 is 0. The van der Waals surface area contributed by atoms with Crippen molar-refractivity contribution in [3.05, 3.63) is 29.8 Å². The van der Waals surface area contributed by atoms with Crippen molar-refractivity contribution >= 4 is 16.1 Å². The topological polar surface area (TPSA) is 72.9 Å². The number of benzene rings is 1. The van der Waals surface area contributed by atoms with E-state index in [4.69, 9.17) is 8.92 Å². The molecule has 7 heteroatoms. The smallest absolute Gasteiger partial charge is 0.316 e. The Balaban J connectivity index is 1.68. The van der Waals surface area contributed by atoms with E-state index < -0.39 is 21.6 Å². The molecule has 3 fully saturated rings. The van der Waals surface area contributed by atoms with Crippen molar-refractivity contribution in [1.82, 2.24) is 4.90 Å². The Morgan fingerprint density at radius 1 is 1.29 bits per heavy atom. The van der Waals surface area contributed by atoms with E-state index in [2.05, 4.69) is 4.90 Å². The normalized spacial score (nSPS) is 33.1. The van der Waals surface area contributed by atoms with E-state index in [9.17, 15) is 13.2 Å². The second kappa shape index (κ2) is 5.54. The van der Waals surface area contributed by atoms with Gasteiger partial charge in [0.05, 0.1) is 11.5 Å². The number of aryl methyl sites for hydroxylation is 1. The van der Waals surface area contributed by atoms with Gasteiger partial charge in [-0.25, -0.2) is 0 Å². The van der Waals surface area contributed by atoms with E-state index in [1.165, 1.54) is 0 Å². The molecule has 130 valence electrons. The van der Waals surface area contributed by atoms with Gasteiger partial charge in [-0.1, -0.05) is 17.7 Å². The van der Waals surface area contributed by atoms with Gasteiger partial charge in [-0.15, -0.1) is 0 Å². The molecule has 3 heterocycles. The predicted octanol–water partition coefficient (Wildman–Crippen LogP) is 1.48. The predicted molar refractivity (Wildman–Crippen MR) is 85.8 cm³/mol. The maximum Gasteiger partial charge on any atom is 0.316 e. The molecular formula is C17H21NO5S. The van der Waals surface area contributed by atoms with Crippen LogP contribution < -0.4 is 0 Å². The van der Waals surface area contributed by atoms with Crippen LogP contribution in [0.2, 0.25) is 0 Å². The molecule has 0 saturated carbocycles. The number of ether oxygens (including phenoxy) is 1. The molecule has 0 aromatic heterocycles. The minimum atomic E-state index is -3.92. The number of cyclic esters (lactones) is 1. The first-order chi connectivity index (χ1) is 11.4. The van der Waals surface area contributed by atoms with Gasteiger partial charge < -0.3 is 4.74 Å². The van der Waals surface area contributed by atoms with Gasteiger partial charge in [-0.05, 0) is 38.4 Å². The lowest BCUT2D eigenvalue weighted by molar-refractivity contribution is -0.148. The fraction of sp³-hybridized carbons (Fsp3) is 0.588. The summed E-state index contributed by atoms with van der Waals surface area (Å²) in [5.41, 5.74) is 0.135. The average molecular weight is 351 g/mol. The largest absolute Gasteiger partial charge is 0.465 e. The summed E-state index contributed by atoms with van der Waals surface area (Å²) < 4.78 is 36.3. The number of esters is 1. The molecule has 0 bridgehead atoms. The van der Waals surface area contributed by atoms with Gasteiger partial charge in [0.25, 0.3) is 10.1 Å². The zero-order chi connectivity index (χ0) is 16.9. The van der Waals surface area contributed by atoms with Crippen molar-refractivity contribution in [2.24, 2.45) is 5.41 Å². The van der Waals surface area contributed by atoms with Crippen LogP contribution in [0.1, 0.15) is 24.8 Å². The average Bonchev–Trinajstić information content (AvgIpc) is 3.20. The summed E-state index contributed by atoms with van der Waals surface area (Å²) in [4.78, 5) is 14.7. The van der Waals surface area contributed by atoms with Crippen LogP contribution in [0.25, 0.3) is 0 Å². The Morgan fingerprint density at radius 3 is 2.71 bits per heavy atom. The molecule has 3 saturated heterocycles. The molecule has 1 spiro atoms. The van der Waals surface area contributed by atoms with E-state index >= 15 is 0 Å². The second-order valence-electron chi connectivity index (χ2n) is 7.01. The van der Waals surface area contributed by atoms with Crippen LogP contribution in [0.15, 0.2) is 29.2 Å². The first-order valence-electron chi connectivity index (χ1n) is 8.34. The van der Waals surface area contributed by atoms with Crippen molar-refractivity contribution in [2.75, 3.05) is 19.7 Å². The van der Waals surface area contributed by atoms with Crippen LogP contribution >= 0.6 is 0 Å². The molecule has 3 atom stereocenters. The summed E-state index contributed by atoms with van der Waals surface area (Å²) in [6.07, 6.45) is 1.71. The van der Waals surface area contributed by atoms with Crippen molar-refractivity contribution in [3.63, 3.8) is 0 Å². The molecule has 1 aromatic rings. The Labute approximate surface area is 141 Å². The summed E-state index contributed by atoms with van der Waals surface area (Å²) in [5, 5.41) is 0. The number of carbonyl (C=O) groups excluding carboxylic acids is 1. The van der Waals surface area contributed by atoms with Crippen LogP contribution in [0.5, 0.6) is 0 Å². The minimum absolute atomic E-state index is 0.0316. The number of hydrogen-bond donors (Lipinski definition) is 0. The third kappa shape index (κ3) is 2.37. The van der Waals surface area contributed by atoms with Crippen LogP contribution in [0, 0.1) is 12.3 Å². The van der Waals surface area contributed by atoms with E-state index in [1.54, 1.807) is 24.3 Å². The van der Waals surface area contributed by atoms with Gasteiger partial charge >= 0.3 is 5.97 Å². The van der Waals surface area contributed by atoms with Crippen molar-refractivity contribution in [3.8, 4) is 0 Å². The van der Waals surface area contributed by atoms with E-state index in [0.29, 0.717) is 19.6 Å².